The molecule has 0 aliphatic rings. The highest BCUT2D eigenvalue weighted by atomic mass is 16.6. The van der Waals surface area contributed by atoms with Crippen LogP contribution >= 0.6 is 0 Å². The van der Waals surface area contributed by atoms with Gasteiger partial charge in [-0.15, -0.1) is 0 Å². The number of nitrogens with zero attached hydrogens (tertiary/aromatic N) is 3. The van der Waals surface area contributed by atoms with Gasteiger partial charge in [0, 0.05) is 47.7 Å². The smallest absolute Gasteiger partial charge is 0.271 e. The summed E-state index contributed by atoms with van der Waals surface area (Å²) in [5.74, 6) is 0.342. The SMILES string of the molecule is C=C(/N=C\C=C(/N)c1cccnc1)Nc1cc([N+](=O)[O-])ccc1C. The van der Waals surface area contributed by atoms with Gasteiger partial charge in [0.2, 0.25) is 0 Å². The number of hydrogen-bond donors (Lipinski definition) is 2. The van der Waals surface area contributed by atoms with Crippen LogP contribution in [0.5, 0.6) is 0 Å². The minimum atomic E-state index is -0.450. The first-order chi connectivity index (χ1) is 11.5. The minimum Gasteiger partial charge on any atom is -0.398 e. The normalized spacial score (nSPS) is 11.5. The van der Waals surface area contributed by atoms with Crippen LogP contribution < -0.4 is 11.1 Å². The fourth-order valence-corrected chi connectivity index (χ4v) is 1.88. The number of aliphatic imine (C=N–C) groups is 1. The minimum absolute atomic E-state index is 0.000553. The van der Waals surface area contributed by atoms with Crippen LogP contribution in [0.2, 0.25) is 0 Å². The van der Waals surface area contributed by atoms with Crippen molar-refractivity contribution in [2.45, 2.75) is 6.92 Å². The van der Waals surface area contributed by atoms with Crippen LogP contribution in [0.4, 0.5) is 11.4 Å². The van der Waals surface area contributed by atoms with Crippen molar-refractivity contribution in [1.29, 1.82) is 0 Å². The van der Waals surface area contributed by atoms with Crippen LogP contribution in [0.3, 0.4) is 0 Å². The van der Waals surface area contributed by atoms with E-state index in [2.05, 4.69) is 21.9 Å². The Balaban J connectivity index is 2.06. The second kappa shape index (κ2) is 7.68. The molecule has 0 spiro atoms. The largest absolute Gasteiger partial charge is 0.398 e. The number of benzene rings is 1. The molecule has 0 saturated carbocycles. The van der Waals surface area contributed by atoms with Crippen LogP contribution in [0.15, 0.2) is 66.2 Å². The number of aryl methyl sites for hydroxylation is 1. The Morgan fingerprint density at radius 2 is 2.25 bits per heavy atom. The van der Waals surface area contributed by atoms with E-state index in [1.807, 2.05) is 13.0 Å². The zero-order chi connectivity index (χ0) is 17.5. The lowest BCUT2D eigenvalue weighted by Gasteiger charge is -2.08. The lowest BCUT2D eigenvalue weighted by Crippen LogP contribution is -2.00. The number of aromatic nitrogens is 1. The quantitative estimate of drug-likeness (QED) is 0.482. The van der Waals surface area contributed by atoms with Gasteiger partial charge in [-0.05, 0) is 30.7 Å². The molecular formula is C17H17N5O2. The predicted molar refractivity (Wildman–Crippen MR) is 95.5 cm³/mol. The molecule has 1 aromatic heterocycles. The van der Waals surface area contributed by atoms with Gasteiger partial charge < -0.3 is 11.1 Å². The van der Waals surface area contributed by atoms with Gasteiger partial charge in [0.15, 0.2) is 0 Å². The molecule has 0 aliphatic heterocycles. The summed E-state index contributed by atoms with van der Waals surface area (Å²) in [5.41, 5.74) is 8.65. The highest BCUT2D eigenvalue weighted by Gasteiger charge is 2.08. The van der Waals surface area contributed by atoms with E-state index in [0.29, 0.717) is 17.2 Å². The number of nitro benzene ring substituents is 1. The maximum Gasteiger partial charge on any atom is 0.271 e. The molecule has 7 nitrogen and oxygen atoms in total. The van der Waals surface area contributed by atoms with Crippen molar-refractivity contribution in [3.63, 3.8) is 0 Å². The molecule has 24 heavy (non-hydrogen) atoms. The van der Waals surface area contributed by atoms with E-state index in [0.717, 1.165) is 11.1 Å². The first-order valence-corrected chi connectivity index (χ1v) is 7.08. The maximum absolute atomic E-state index is 10.8. The number of nitrogens with one attached hydrogen (secondary N) is 1. The Hall–Kier alpha value is -3.48. The lowest BCUT2D eigenvalue weighted by atomic mass is 10.2. The van der Waals surface area contributed by atoms with Crippen LogP contribution in [0.1, 0.15) is 11.1 Å². The number of pyridine rings is 1. The van der Waals surface area contributed by atoms with E-state index in [1.54, 1.807) is 30.6 Å². The molecule has 7 heteroatoms. The van der Waals surface area contributed by atoms with Crippen molar-refractivity contribution in [3.8, 4) is 0 Å². The number of allylic oxidation sites excluding steroid dienone is 1. The average Bonchev–Trinajstić information content (AvgIpc) is 2.57. The molecule has 0 saturated heterocycles. The summed E-state index contributed by atoms with van der Waals surface area (Å²) in [6.07, 6.45) is 6.45. The Labute approximate surface area is 139 Å². The summed E-state index contributed by atoms with van der Waals surface area (Å²) in [6.45, 7) is 5.61. The fraction of sp³-hybridized carbons (Fsp3) is 0.0588. The number of rotatable bonds is 6. The van der Waals surface area contributed by atoms with E-state index in [1.165, 1.54) is 18.3 Å². The fourth-order valence-electron chi connectivity index (χ4n) is 1.88. The molecule has 1 aromatic carbocycles. The van der Waals surface area contributed by atoms with Crippen molar-refractivity contribution >= 4 is 23.3 Å². The third-order valence-corrected chi connectivity index (χ3v) is 3.19. The zero-order valence-electron chi connectivity index (χ0n) is 13.1. The summed E-state index contributed by atoms with van der Waals surface area (Å²) in [5, 5.41) is 13.8. The van der Waals surface area contributed by atoms with Gasteiger partial charge in [0.05, 0.1) is 4.92 Å². The second-order valence-electron chi connectivity index (χ2n) is 4.97. The van der Waals surface area contributed by atoms with Gasteiger partial charge in [-0.1, -0.05) is 12.6 Å². The van der Waals surface area contributed by atoms with Gasteiger partial charge in [-0.25, -0.2) is 4.99 Å². The van der Waals surface area contributed by atoms with Crippen molar-refractivity contribution in [3.05, 3.63) is 82.4 Å². The molecule has 122 valence electrons. The van der Waals surface area contributed by atoms with Gasteiger partial charge in [0.1, 0.15) is 5.82 Å². The van der Waals surface area contributed by atoms with Crippen molar-refractivity contribution in [1.82, 2.24) is 4.98 Å². The molecule has 0 bridgehead atoms. The van der Waals surface area contributed by atoms with E-state index in [4.69, 9.17) is 5.73 Å². The molecule has 0 atom stereocenters. The van der Waals surface area contributed by atoms with Gasteiger partial charge in [-0.2, -0.15) is 0 Å². The third-order valence-electron chi connectivity index (χ3n) is 3.19. The van der Waals surface area contributed by atoms with E-state index in [-0.39, 0.29) is 5.69 Å². The standard InChI is InChI=1S/C17H17N5O2/c1-12-5-6-15(22(23)24)10-17(12)21-13(2)20-9-7-16(18)14-4-3-8-19-11-14/h3-11,21H,2,18H2,1H3/b16-7-,20-9-. The Morgan fingerprint density at radius 3 is 2.92 bits per heavy atom. The summed E-state index contributed by atoms with van der Waals surface area (Å²) in [4.78, 5) is 18.5. The van der Waals surface area contributed by atoms with Crippen molar-refractivity contribution < 1.29 is 4.92 Å². The molecule has 2 rings (SSSR count). The third kappa shape index (κ3) is 4.51. The summed E-state index contributed by atoms with van der Waals surface area (Å²) >= 11 is 0. The predicted octanol–water partition coefficient (Wildman–Crippen LogP) is 3.25. The number of nitrogens with two attached hydrogens (primary N) is 1. The van der Waals surface area contributed by atoms with Gasteiger partial charge >= 0.3 is 0 Å². The number of nitro groups is 1. The average molecular weight is 323 g/mol. The number of hydrogen-bond acceptors (Lipinski definition) is 6. The summed E-state index contributed by atoms with van der Waals surface area (Å²) in [7, 11) is 0. The molecule has 0 unspecified atom stereocenters. The molecular weight excluding hydrogens is 306 g/mol. The van der Waals surface area contributed by atoms with Crippen LogP contribution in [-0.2, 0) is 0 Å². The van der Waals surface area contributed by atoms with Gasteiger partial charge in [0.25, 0.3) is 5.69 Å². The summed E-state index contributed by atoms with van der Waals surface area (Å²) in [6, 6.07) is 8.18. The zero-order valence-corrected chi connectivity index (χ0v) is 13.1. The highest BCUT2D eigenvalue weighted by Crippen LogP contribution is 2.22. The van der Waals surface area contributed by atoms with Crippen LogP contribution in [0, 0.1) is 17.0 Å². The summed E-state index contributed by atoms with van der Waals surface area (Å²) < 4.78 is 0. The lowest BCUT2D eigenvalue weighted by molar-refractivity contribution is -0.384. The monoisotopic (exact) mass is 323 g/mol. The number of anilines is 1. The second-order valence-corrected chi connectivity index (χ2v) is 4.97. The molecule has 0 aliphatic carbocycles. The van der Waals surface area contributed by atoms with Crippen molar-refractivity contribution in [2.75, 3.05) is 5.32 Å². The number of non-ortho nitro benzene ring substituents is 1. The van der Waals surface area contributed by atoms with Gasteiger partial charge in [-0.3, -0.25) is 15.1 Å². The van der Waals surface area contributed by atoms with E-state index < -0.39 is 4.92 Å². The Kier molecular flexibility index (Phi) is 5.40. The molecule has 1 heterocycles. The highest BCUT2D eigenvalue weighted by molar-refractivity contribution is 5.83. The van der Waals surface area contributed by atoms with E-state index >= 15 is 0 Å². The molecule has 3 N–H and O–H groups in total. The molecule has 0 radical (unpaired) electrons. The van der Waals surface area contributed by atoms with Crippen molar-refractivity contribution in [2.24, 2.45) is 10.7 Å². The topological polar surface area (TPSA) is 106 Å². The van der Waals surface area contributed by atoms with Crippen LogP contribution in [0.25, 0.3) is 5.70 Å². The molecule has 0 amide bonds. The molecule has 0 fully saturated rings. The Bertz CT molecular complexity index is 813. The van der Waals surface area contributed by atoms with E-state index in [9.17, 15) is 10.1 Å². The first kappa shape index (κ1) is 16.9. The molecule has 2 aromatic rings. The first-order valence-electron chi connectivity index (χ1n) is 7.08. The Morgan fingerprint density at radius 1 is 1.46 bits per heavy atom. The van der Waals surface area contributed by atoms with Crippen LogP contribution in [-0.4, -0.2) is 16.1 Å². The maximum atomic E-state index is 10.8.